The van der Waals surface area contributed by atoms with Crippen molar-refractivity contribution in [1.29, 1.82) is 0 Å². The van der Waals surface area contributed by atoms with Crippen molar-refractivity contribution in [3.63, 3.8) is 0 Å². The highest BCUT2D eigenvalue weighted by Crippen LogP contribution is 2.25. The normalized spacial score (nSPS) is 12.4. The maximum Gasteiger partial charge on any atom is 0.255 e. The fourth-order valence-electron chi connectivity index (χ4n) is 3.68. The number of hydrogen-bond acceptors (Lipinski definition) is 5. The smallest absolute Gasteiger partial charge is 0.255 e. The fraction of sp³-hybridized carbons (Fsp3) is 0.304. The topological polar surface area (TPSA) is 97.0 Å². The predicted molar refractivity (Wildman–Crippen MR) is 114 cm³/mol. The van der Waals surface area contributed by atoms with Gasteiger partial charge in [-0.25, -0.2) is 4.98 Å². The number of carbonyl (C=O) groups excluding carboxylic acids is 1. The average Bonchev–Trinajstić information content (AvgIpc) is 3.22. The van der Waals surface area contributed by atoms with Crippen LogP contribution in [0.1, 0.15) is 28.8 Å². The van der Waals surface area contributed by atoms with E-state index < -0.39 is 0 Å². The van der Waals surface area contributed by atoms with Crippen LogP contribution in [0.4, 0.5) is 0 Å². The zero-order valence-electron chi connectivity index (χ0n) is 16.9. The van der Waals surface area contributed by atoms with Crippen LogP contribution in [0, 0.1) is 6.92 Å². The Morgan fingerprint density at radius 3 is 2.90 bits per heavy atom. The van der Waals surface area contributed by atoms with Crippen LogP contribution < -0.4 is 15.6 Å². The molecule has 0 unspecified atom stereocenters. The highest BCUT2D eigenvalue weighted by atomic mass is 16.5. The molecule has 0 aliphatic heterocycles. The molecule has 154 valence electrons. The molecule has 7 heteroatoms. The van der Waals surface area contributed by atoms with Crippen molar-refractivity contribution in [2.45, 2.75) is 32.6 Å². The molecule has 2 N–H and O–H groups in total. The van der Waals surface area contributed by atoms with E-state index in [2.05, 4.69) is 32.4 Å². The minimum Gasteiger partial charge on any atom is -0.492 e. The summed E-state index contributed by atoms with van der Waals surface area (Å²) in [6.45, 7) is 2.47. The van der Waals surface area contributed by atoms with Gasteiger partial charge in [0.15, 0.2) is 0 Å². The van der Waals surface area contributed by atoms with Gasteiger partial charge in [-0.3, -0.25) is 14.6 Å². The second-order valence-corrected chi connectivity index (χ2v) is 7.38. The number of aromatic amines is 1. The Hall–Kier alpha value is -3.48. The van der Waals surface area contributed by atoms with Crippen molar-refractivity contribution in [2.24, 2.45) is 0 Å². The molecule has 1 aliphatic carbocycles. The molecule has 30 heavy (non-hydrogen) atoms. The summed E-state index contributed by atoms with van der Waals surface area (Å²) in [7, 11) is 0. The van der Waals surface area contributed by atoms with Gasteiger partial charge < -0.3 is 15.0 Å². The number of hydrogen-bond donors (Lipinski definition) is 2. The van der Waals surface area contributed by atoms with E-state index in [0.29, 0.717) is 30.2 Å². The molecule has 7 nitrogen and oxygen atoms in total. The lowest BCUT2D eigenvalue weighted by Crippen LogP contribution is -2.32. The molecule has 4 rings (SSSR count). The summed E-state index contributed by atoms with van der Waals surface area (Å²) in [6, 6.07) is 9.77. The van der Waals surface area contributed by atoms with Gasteiger partial charge >= 0.3 is 0 Å². The van der Waals surface area contributed by atoms with Crippen LogP contribution in [0.3, 0.4) is 0 Å². The number of fused-ring (bicyclic) bond motifs is 1. The lowest BCUT2D eigenvalue weighted by atomic mass is 10.1. The zero-order chi connectivity index (χ0) is 20.9. The molecule has 1 aromatic carbocycles. The number of rotatable bonds is 7. The quantitative estimate of drug-likeness (QED) is 0.589. The van der Waals surface area contributed by atoms with Crippen molar-refractivity contribution in [3.8, 4) is 17.1 Å². The molecular formula is C23H24N4O3. The molecule has 3 aromatic rings. The molecule has 0 saturated heterocycles. The van der Waals surface area contributed by atoms with Gasteiger partial charge in [0.2, 0.25) is 5.91 Å². The van der Waals surface area contributed by atoms with Gasteiger partial charge in [-0.15, -0.1) is 0 Å². The minimum atomic E-state index is -0.314. The van der Waals surface area contributed by atoms with Crippen molar-refractivity contribution in [3.05, 3.63) is 75.5 Å². The van der Waals surface area contributed by atoms with E-state index in [9.17, 15) is 9.59 Å². The lowest BCUT2D eigenvalue weighted by molar-refractivity contribution is -0.120. The van der Waals surface area contributed by atoms with Crippen LogP contribution >= 0.6 is 0 Å². The number of nitrogens with one attached hydrogen (secondary N) is 2. The first-order valence-electron chi connectivity index (χ1n) is 10.1. The van der Waals surface area contributed by atoms with Gasteiger partial charge in [-0.1, -0.05) is 6.07 Å². The van der Waals surface area contributed by atoms with E-state index in [0.717, 1.165) is 24.2 Å². The lowest BCUT2D eigenvalue weighted by Gasteiger charge is -2.10. The van der Waals surface area contributed by atoms with Crippen molar-refractivity contribution in [2.75, 3.05) is 13.2 Å². The van der Waals surface area contributed by atoms with Crippen LogP contribution in [0.15, 0.2) is 47.5 Å². The van der Waals surface area contributed by atoms with Crippen LogP contribution in [0.25, 0.3) is 11.4 Å². The van der Waals surface area contributed by atoms with Crippen LogP contribution in [0.2, 0.25) is 0 Å². The standard InChI is InChI=1S/C23H24N4O3/c1-15-20(23(29)27-22(26-15)18-6-3-9-24-14-18)13-21(28)25-10-11-30-19-8-7-16-4-2-5-17(16)12-19/h3,6-9,12,14H,2,4-5,10-11,13H2,1H3,(H,25,28)(H,26,27,29). The molecule has 0 fully saturated rings. The van der Waals surface area contributed by atoms with Gasteiger partial charge in [-0.05, 0) is 61.6 Å². The highest BCUT2D eigenvalue weighted by molar-refractivity contribution is 5.78. The molecule has 2 heterocycles. The van der Waals surface area contributed by atoms with E-state index in [-0.39, 0.29) is 17.9 Å². The third kappa shape index (κ3) is 4.56. The first-order chi connectivity index (χ1) is 14.6. The molecule has 2 aromatic heterocycles. The first-order valence-corrected chi connectivity index (χ1v) is 10.1. The van der Waals surface area contributed by atoms with E-state index in [1.807, 2.05) is 12.1 Å². The number of nitrogens with zero attached hydrogens (tertiary/aromatic N) is 2. The molecule has 0 radical (unpaired) electrons. The summed E-state index contributed by atoms with van der Waals surface area (Å²) < 4.78 is 5.74. The Morgan fingerprint density at radius 1 is 1.23 bits per heavy atom. The SMILES string of the molecule is Cc1nc(-c2cccnc2)[nH]c(=O)c1CC(=O)NCCOc1ccc2c(c1)CCC2. The van der Waals surface area contributed by atoms with Gasteiger partial charge in [0.1, 0.15) is 18.2 Å². The Balaban J connectivity index is 1.30. The number of ether oxygens (including phenoxy) is 1. The molecule has 0 saturated carbocycles. The number of benzene rings is 1. The highest BCUT2D eigenvalue weighted by Gasteiger charge is 2.14. The Labute approximate surface area is 174 Å². The molecule has 0 atom stereocenters. The largest absolute Gasteiger partial charge is 0.492 e. The molecular weight excluding hydrogens is 380 g/mol. The third-order valence-electron chi connectivity index (χ3n) is 5.26. The van der Waals surface area contributed by atoms with Crippen molar-refractivity contribution in [1.82, 2.24) is 20.3 Å². The Bertz CT molecular complexity index is 1110. The summed E-state index contributed by atoms with van der Waals surface area (Å²) >= 11 is 0. The number of amides is 1. The fourth-order valence-corrected chi connectivity index (χ4v) is 3.68. The van der Waals surface area contributed by atoms with Gasteiger partial charge in [-0.2, -0.15) is 0 Å². The van der Waals surface area contributed by atoms with Gasteiger partial charge in [0.05, 0.1) is 13.0 Å². The number of aromatic nitrogens is 3. The average molecular weight is 404 g/mol. The van der Waals surface area contributed by atoms with Gasteiger partial charge in [0.25, 0.3) is 5.56 Å². The number of H-pyrrole nitrogens is 1. The predicted octanol–water partition coefficient (Wildman–Crippen LogP) is 2.37. The second-order valence-electron chi connectivity index (χ2n) is 7.38. The Kier molecular flexibility index (Phi) is 5.88. The summed E-state index contributed by atoms with van der Waals surface area (Å²) in [4.78, 5) is 35.9. The minimum absolute atomic E-state index is 0.0274. The molecule has 1 amide bonds. The van der Waals surface area contributed by atoms with Crippen molar-refractivity contribution < 1.29 is 9.53 Å². The van der Waals surface area contributed by atoms with Gasteiger partial charge in [0, 0.05) is 29.2 Å². The number of pyridine rings is 1. The monoisotopic (exact) mass is 404 g/mol. The van der Waals surface area contributed by atoms with Crippen LogP contribution in [-0.2, 0) is 24.1 Å². The zero-order valence-corrected chi connectivity index (χ0v) is 16.9. The van der Waals surface area contributed by atoms with E-state index in [1.54, 1.807) is 25.4 Å². The summed E-state index contributed by atoms with van der Waals surface area (Å²) in [5, 5.41) is 2.80. The molecule has 1 aliphatic rings. The van der Waals surface area contributed by atoms with E-state index >= 15 is 0 Å². The summed E-state index contributed by atoms with van der Waals surface area (Å²) in [5.41, 5.74) is 4.05. The number of aryl methyl sites for hydroxylation is 3. The van der Waals surface area contributed by atoms with E-state index in [4.69, 9.17) is 4.74 Å². The van der Waals surface area contributed by atoms with Crippen molar-refractivity contribution >= 4 is 5.91 Å². The van der Waals surface area contributed by atoms with E-state index in [1.165, 1.54) is 17.5 Å². The Morgan fingerprint density at radius 2 is 2.10 bits per heavy atom. The second kappa shape index (κ2) is 8.90. The first kappa shape index (κ1) is 19.8. The third-order valence-corrected chi connectivity index (χ3v) is 5.26. The summed E-state index contributed by atoms with van der Waals surface area (Å²) in [5.74, 6) is 1.03. The summed E-state index contributed by atoms with van der Waals surface area (Å²) in [6.07, 6.45) is 6.70. The molecule has 0 bridgehead atoms. The van der Waals surface area contributed by atoms with Crippen LogP contribution in [0.5, 0.6) is 5.75 Å². The van der Waals surface area contributed by atoms with Crippen LogP contribution in [-0.4, -0.2) is 34.0 Å². The maximum absolute atomic E-state index is 12.5. The number of carbonyl (C=O) groups is 1. The maximum atomic E-state index is 12.5. The molecule has 0 spiro atoms.